The Morgan fingerprint density at radius 2 is 1.78 bits per heavy atom. The highest BCUT2D eigenvalue weighted by Gasteiger charge is 2.13. The summed E-state index contributed by atoms with van der Waals surface area (Å²) in [6.45, 7) is 3.90. The number of furan rings is 1. The van der Waals surface area contributed by atoms with E-state index >= 15 is 0 Å². The zero-order valence-electron chi connectivity index (χ0n) is 14.9. The van der Waals surface area contributed by atoms with Crippen LogP contribution in [0, 0.1) is 0 Å². The third kappa shape index (κ3) is 4.85. The number of hydrogen-bond donors (Lipinski definition) is 0. The van der Waals surface area contributed by atoms with Gasteiger partial charge in [0.1, 0.15) is 23.9 Å². The zero-order chi connectivity index (χ0) is 19.4. The summed E-state index contributed by atoms with van der Waals surface area (Å²) in [5.41, 5.74) is 1.12. The molecule has 1 heterocycles. The number of ether oxygens (including phenoxy) is 2. The molecule has 0 aliphatic heterocycles. The van der Waals surface area contributed by atoms with Gasteiger partial charge in [0, 0.05) is 5.56 Å². The summed E-state index contributed by atoms with van der Waals surface area (Å²) in [5, 5.41) is 0.865. The van der Waals surface area contributed by atoms with E-state index in [2.05, 4.69) is 0 Å². The van der Waals surface area contributed by atoms with Crippen molar-refractivity contribution in [2.24, 2.45) is 0 Å². The SMILES string of the molecule is CC(C)Oc1ccc(C(=O)OCc2ccc(-c3cccc(Cl)c3Cl)o2)cc1. The summed E-state index contributed by atoms with van der Waals surface area (Å²) in [4.78, 5) is 12.2. The lowest BCUT2D eigenvalue weighted by Crippen LogP contribution is -2.07. The van der Waals surface area contributed by atoms with Crippen molar-refractivity contribution in [3.05, 3.63) is 76.0 Å². The molecule has 3 rings (SSSR count). The van der Waals surface area contributed by atoms with Crippen LogP contribution in [0.25, 0.3) is 11.3 Å². The quantitative estimate of drug-likeness (QED) is 0.446. The average molecular weight is 405 g/mol. The number of halogens is 2. The fourth-order valence-electron chi connectivity index (χ4n) is 2.46. The molecular formula is C21H18Cl2O4. The molecule has 0 unspecified atom stereocenters. The van der Waals surface area contributed by atoms with Gasteiger partial charge in [0.15, 0.2) is 0 Å². The Balaban J connectivity index is 1.63. The van der Waals surface area contributed by atoms with E-state index in [4.69, 9.17) is 37.1 Å². The van der Waals surface area contributed by atoms with Gasteiger partial charge in [-0.1, -0.05) is 29.3 Å². The molecule has 0 saturated heterocycles. The minimum atomic E-state index is -0.440. The van der Waals surface area contributed by atoms with Gasteiger partial charge in [-0.05, 0) is 62.4 Å². The van der Waals surface area contributed by atoms with E-state index < -0.39 is 5.97 Å². The molecule has 140 valence electrons. The molecule has 0 aliphatic carbocycles. The minimum Gasteiger partial charge on any atom is -0.491 e. The van der Waals surface area contributed by atoms with Gasteiger partial charge in [0.05, 0.1) is 21.7 Å². The molecule has 0 bridgehead atoms. The molecule has 0 saturated carbocycles. The molecule has 1 aromatic heterocycles. The predicted molar refractivity (Wildman–Crippen MR) is 105 cm³/mol. The first-order valence-electron chi connectivity index (χ1n) is 8.41. The van der Waals surface area contributed by atoms with Crippen molar-refractivity contribution in [3.63, 3.8) is 0 Å². The highest BCUT2D eigenvalue weighted by atomic mass is 35.5. The molecule has 3 aromatic rings. The second-order valence-electron chi connectivity index (χ2n) is 6.13. The highest BCUT2D eigenvalue weighted by molar-refractivity contribution is 6.43. The lowest BCUT2D eigenvalue weighted by atomic mass is 10.2. The first-order valence-corrected chi connectivity index (χ1v) is 9.16. The fraction of sp³-hybridized carbons (Fsp3) is 0.190. The van der Waals surface area contributed by atoms with Crippen molar-refractivity contribution >= 4 is 29.2 Å². The van der Waals surface area contributed by atoms with E-state index in [0.29, 0.717) is 38.4 Å². The molecule has 0 aliphatic rings. The van der Waals surface area contributed by atoms with Gasteiger partial charge < -0.3 is 13.9 Å². The van der Waals surface area contributed by atoms with Crippen LogP contribution in [0.4, 0.5) is 0 Å². The fourth-order valence-corrected chi connectivity index (χ4v) is 2.85. The van der Waals surface area contributed by atoms with Gasteiger partial charge in [-0.2, -0.15) is 0 Å². The molecule has 6 heteroatoms. The van der Waals surface area contributed by atoms with Crippen molar-refractivity contribution in [1.82, 2.24) is 0 Å². The van der Waals surface area contributed by atoms with Crippen LogP contribution in [-0.2, 0) is 11.3 Å². The van der Waals surface area contributed by atoms with E-state index in [1.165, 1.54) is 0 Å². The maximum atomic E-state index is 12.2. The molecule has 0 spiro atoms. The largest absolute Gasteiger partial charge is 0.491 e. The van der Waals surface area contributed by atoms with Crippen molar-refractivity contribution in [2.75, 3.05) is 0 Å². The predicted octanol–water partition coefficient (Wildman–Crippen LogP) is 6.40. The summed E-state index contributed by atoms with van der Waals surface area (Å²) in [5.74, 6) is 1.33. The van der Waals surface area contributed by atoms with Gasteiger partial charge in [0.2, 0.25) is 0 Å². The summed E-state index contributed by atoms with van der Waals surface area (Å²) in [6.07, 6.45) is 0.0731. The maximum Gasteiger partial charge on any atom is 0.338 e. The number of carbonyl (C=O) groups is 1. The van der Waals surface area contributed by atoms with Crippen LogP contribution in [0.2, 0.25) is 10.0 Å². The van der Waals surface area contributed by atoms with Crippen molar-refractivity contribution in [1.29, 1.82) is 0 Å². The molecule has 0 atom stereocenters. The van der Waals surface area contributed by atoms with E-state index in [9.17, 15) is 4.79 Å². The van der Waals surface area contributed by atoms with E-state index in [1.807, 2.05) is 19.9 Å². The Bertz CT molecular complexity index is 930. The molecular weight excluding hydrogens is 387 g/mol. The number of benzene rings is 2. The second-order valence-corrected chi connectivity index (χ2v) is 6.92. The molecule has 0 fully saturated rings. The first kappa shape index (κ1) is 19.3. The zero-order valence-corrected chi connectivity index (χ0v) is 16.4. The minimum absolute atomic E-state index is 0.0151. The molecule has 4 nitrogen and oxygen atoms in total. The van der Waals surface area contributed by atoms with Gasteiger partial charge in [-0.15, -0.1) is 0 Å². The van der Waals surface area contributed by atoms with Gasteiger partial charge in [-0.3, -0.25) is 0 Å². The molecule has 2 aromatic carbocycles. The molecule has 0 radical (unpaired) electrons. The Labute approximate surface area is 167 Å². The number of rotatable bonds is 6. The Morgan fingerprint density at radius 3 is 2.48 bits per heavy atom. The third-order valence-corrected chi connectivity index (χ3v) is 4.50. The third-order valence-electron chi connectivity index (χ3n) is 3.69. The van der Waals surface area contributed by atoms with Gasteiger partial charge in [0.25, 0.3) is 0 Å². The average Bonchev–Trinajstić information content (AvgIpc) is 3.11. The number of esters is 1. The summed E-state index contributed by atoms with van der Waals surface area (Å²) in [6, 6.07) is 15.6. The smallest absolute Gasteiger partial charge is 0.338 e. The summed E-state index contributed by atoms with van der Waals surface area (Å²) < 4.78 is 16.6. The van der Waals surface area contributed by atoms with Crippen LogP contribution >= 0.6 is 23.2 Å². The van der Waals surface area contributed by atoms with Crippen LogP contribution in [0.1, 0.15) is 30.0 Å². The lowest BCUT2D eigenvalue weighted by molar-refractivity contribution is 0.0446. The van der Waals surface area contributed by atoms with Crippen LogP contribution in [0.15, 0.2) is 59.0 Å². The highest BCUT2D eigenvalue weighted by Crippen LogP contribution is 2.34. The first-order chi connectivity index (χ1) is 12.9. The monoisotopic (exact) mass is 404 g/mol. The lowest BCUT2D eigenvalue weighted by Gasteiger charge is -2.09. The van der Waals surface area contributed by atoms with Crippen LogP contribution < -0.4 is 4.74 Å². The Hall–Kier alpha value is -2.43. The van der Waals surface area contributed by atoms with Crippen molar-refractivity contribution in [3.8, 4) is 17.1 Å². The topological polar surface area (TPSA) is 48.7 Å². The molecule has 0 N–H and O–H groups in total. The normalized spacial score (nSPS) is 10.9. The van der Waals surface area contributed by atoms with Crippen LogP contribution in [0.3, 0.4) is 0 Å². The van der Waals surface area contributed by atoms with Crippen LogP contribution in [0.5, 0.6) is 5.75 Å². The van der Waals surface area contributed by atoms with E-state index in [-0.39, 0.29) is 12.7 Å². The number of carbonyl (C=O) groups excluding carboxylic acids is 1. The number of hydrogen-bond acceptors (Lipinski definition) is 4. The van der Waals surface area contributed by atoms with Gasteiger partial charge in [-0.25, -0.2) is 4.79 Å². The Kier molecular flexibility index (Phi) is 6.09. The van der Waals surface area contributed by atoms with Crippen molar-refractivity contribution in [2.45, 2.75) is 26.6 Å². The van der Waals surface area contributed by atoms with E-state index in [0.717, 1.165) is 0 Å². The molecule has 27 heavy (non-hydrogen) atoms. The van der Waals surface area contributed by atoms with Crippen LogP contribution in [-0.4, -0.2) is 12.1 Å². The Morgan fingerprint density at radius 1 is 1.04 bits per heavy atom. The maximum absolute atomic E-state index is 12.2. The molecule has 0 amide bonds. The summed E-state index contributed by atoms with van der Waals surface area (Å²) >= 11 is 12.2. The summed E-state index contributed by atoms with van der Waals surface area (Å²) in [7, 11) is 0. The van der Waals surface area contributed by atoms with Crippen molar-refractivity contribution < 1.29 is 18.7 Å². The second kappa shape index (κ2) is 8.51. The van der Waals surface area contributed by atoms with E-state index in [1.54, 1.807) is 48.5 Å². The van der Waals surface area contributed by atoms with Gasteiger partial charge >= 0.3 is 5.97 Å². The standard InChI is InChI=1S/C21H18Cl2O4/c1-13(2)26-15-8-6-14(7-9-15)21(24)25-12-16-10-11-19(27-16)17-4-3-5-18(22)20(17)23/h3-11,13H,12H2,1-2H3.